The van der Waals surface area contributed by atoms with Crippen LogP contribution in [-0.4, -0.2) is 34.3 Å². The molecule has 0 bridgehead atoms. The number of aromatic carboxylic acids is 1. The van der Waals surface area contributed by atoms with Gasteiger partial charge in [0.05, 0.1) is 10.6 Å². The van der Waals surface area contributed by atoms with Gasteiger partial charge in [-0.1, -0.05) is 21.2 Å². The molecule has 2 N–H and O–H groups in total. The zero-order chi connectivity index (χ0) is 14.0. The second-order valence-corrected chi connectivity index (χ2v) is 6.01. The Balaban J connectivity index is 2.45. The Morgan fingerprint density at radius 1 is 1.42 bits per heavy atom. The third kappa shape index (κ3) is 2.97. The van der Waals surface area contributed by atoms with Gasteiger partial charge in [-0.2, -0.15) is 0 Å². The smallest absolute Gasteiger partial charge is 0.335 e. The fourth-order valence-electron chi connectivity index (χ4n) is 1.19. The third-order valence-corrected chi connectivity index (χ3v) is 4.45. The molecule has 0 radical (unpaired) electrons. The van der Waals surface area contributed by atoms with E-state index >= 15 is 0 Å². The Bertz CT molecular complexity index is 716. The molecule has 1 aromatic heterocycles. The molecule has 8 nitrogen and oxygen atoms in total. The van der Waals surface area contributed by atoms with Crippen LogP contribution in [0.15, 0.2) is 23.1 Å². The number of carbonyl (C=O) groups is 1. The quantitative estimate of drug-likeness (QED) is 0.864. The number of hydrogen-bond donors (Lipinski definition) is 2. The average molecular weight is 321 g/mol. The Labute approximate surface area is 116 Å². The summed E-state index contributed by atoms with van der Waals surface area (Å²) in [4.78, 5) is 10.5. The van der Waals surface area contributed by atoms with Crippen molar-refractivity contribution < 1.29 is 18.3 Å². The molecule has 1 aromatic carbocycles. The minimum Gasteiger partial charge on any atom is -0.478 e. The maximum absolute atomic E-state index is 12.0. The summed E-state index contributed by atoms with van der Waals surface area (Å²) in [5, 5.41) is 15.3. The van der Waals surface area contributed by atoms with Crippen LogP contribution in [0.1, 0.15) is 10.4 Å². The van der Waals surface area contributed by atoms with Gasteiger partial charge in [-0.05, 0) is 23.4 Å². The Hall–Kier alpha value is -1.78. The molecule has 0 aliphatic rings. The number of sulfonamides is 1. The van der Waals surface area contributed by atoms with Gasteiger partial charge in [0, 0.05) is 11.5 Å². The molecule has 2 aromatic rings. The summed E-state index contributed by atoms with van der Waals surface area (Å²) in [6.07, 6.45) is 0. The number of benzene rings is 1. The van der Waals surface area contributed by atoms with E-state index in [1.165, 1.54) is 12.1 Å². The molecule has 100 valence electrons. The molecule has 1 heterocycles. The monoisotopic (exact) mass is 320 g/mol. The van der Waals surface area contributed by atoms with E-state index in [1.807, 2.05) is 0 Å². The molecule has 0 aliphatic carbocycles. The van der Waals surface area contributed by atoms with E-state index in [1.54, 1.807) is 0 Å². The third-order valence-electron chi connectivity index (χ3n) is 1.99. The molecular formula is C8H5ClN4O4S2. The Morgan fingerprint density at radius 2 is 2.16 bits per heavy atom. The summed E-state index contributed by atoms with van der Waals surface area (Å²) in [6, 6.07) is 3.36. The number of carboxylic acid groups (broad SMARTS) is 1. The van der Waals surface area contributed by atoms with Gasteiger partial charge in [0.25, 0.3) is 10.0 Å². The van der Waals surface area contributed by atoms with Gasteiger partial charge in [-0.15, -0.1) is 0 Å². The fourth-order valence-corrected chi connectivity index (χ4v) is 3.30. The summed E-state index contributed by atoms with van der Waals surface area (Å²) in [6.45, 7) is 0. The van der Waals surface area contributed by atoms with Crippen molar-refractivity contribution in [2.24, 2.45) is 0 Å². The van der Waals surface area contributed by atoms with Gasteiger partial charge in [0.2, 0.25) is 5.13 Å². The van der Waals surface area contributed by atoms with Crippen LogP contribution in [0.5, 0.6) is 0 Å². The number of hydrogen-bond acceptors (Lipinski definition) is 7. The van der Waals surface area contributed by atoms with Crippen LogP contribution in [0.25, 0.3) is 0 Å². The van der Waals surface area contributed by atoms with E-state index in [2.05, 4.69) is 19.5 Å². The molecule has 11 heteroatoms. The molecule has 0 saturated heterocycles. The number of aromatic nitrogens is 3. The lowest BCUT2D eigenvalue weighted by atomic mass is 10.2. The first-order chi connectivity index (χ1) is 8.90. The second kappa shape index (κ2) is 5.07. The van der Waals surface area contributed by atoms with Crippen molar-refractivity contribution in [1.82, 2.24) is 14.8 Å². The van der Waals surface area contributed by atoms with Crippen molar-refractivity contribution >= 4 is 44.3 Å². The highest BCUT2D eigenvalue weighted by Crippen LogP contribution is 2.25. The number of halogens is 1. The molecule has 0 unspecified atom stereocenters. The highest BCUT2D eigenvalue weighted by Gasteiger charge is 2.21. The van der Waals surface area contributed by atoms with E-state index in [4.69, 9.17) is 16.7 Å². The van der Waals surface area contributed by atoms with Crippen LogP contribution in [0.3, 0.4) is 0 Å². The first kappa shape index (κ1) is 13.6. The molecule has 2 rings (SSSR count). The number of rotatable bonds is 4. The molecule has 0 amide bonds. The summed E-state index contributed by atoms with van der Waals surface area (Å²) in [7, 11) is -4.05. The van der Waals surface area contributed by atoms with Crippen molar-refractivity contribution in [3.8, 4) is 0 Å². The average Bonchev–Trinajstić information content (AvgIpc) is 2.81. The number of nitrogens with one attached hydrogen (secondary N) is 1. The fraction of sp³-hybridized carbons (Fsp3) is 0. The minimum absolute atomic E-state index is 0.0446. The lowest BCUT2D eigenvalue weighted by molar-refractivity contribution is 0.0696. The van der Waals surface area contributed by atoms with Crippen molar-refractivity contribution in [2.45, 2.75) is 4.90 Å². The molecule has 0 atom stereocenters. The van der Waals surface area contributed by atoms with Crippen molar-refractivity contribution in [2.75, 3.05) is 4.72 Å². The summed E-state index contributed by atoms with van der Waals surface area (Å²) in [5.74, 6) is -1.26. The second-order valence-electron chi connectivity index (χ2n) is 3.22. The van der Waals surface area contributed by atoms with Gasteiger partial charge in [0.15, 0.2) is 0 Å². The SMILES string of the molecule is O=C(O)c1ccc(Cl)c(S(=O)(=O)Nc2nnns2)c1. The van der Waals surface area contributed by atoms with Crippen LogP contribution in [0, 0.1) is 0 Å². The van der Waals surface area contributed by atoms with Crippen molar-refractivity contribution in [1.29, 1.82) is 0 Å². The van der Waals surface area contributed by atoms with Crippen LogP contribution in [-0.2, 0) is 10.0 Å². The Kier molecular flexibility index (Phi) is 3.64. The molecule has 0 spiro atoms. The first-order valence-electron chi connectivity index (χ1n) is 4.61. The Morgan fingerprint density at radius 3 is 2.74 bits per heavy atom. The predicted molar refractivity (Wildman–Crippen MR) is 66.9 cm³/mol. The molecular weight excluding hydrogens is 316 g/mol. The van der Waals surface area contributed by atoms with Gasteiger partial charge in [-0.25, -0.2) is 13.2 Å². The largest absolute Gasteiger partial charge is 0.478 e. The van der Waals surface area contributed by atoms with E-state index in [0.717, 1.165) is 17.6 Å². The van der Waals surface area contributed by atoms with E-state index in [-0.39, 0.29) is 20.6 Å². The molecule has 0 fully saturated rings. The normalized spacial score (nSPS) is 11.2. The van der Waals surface area contributed by atoms with E-state index in [0.29, 0.717) is 0 Å². The molecule has 0 aliphatic heterocycles. The van der Waals surface area contributed by atoms with Crippen molar-refractivity contribution in [3.63, 3.8) is 0 Å². The number of nitrogens with zero attached hydrogens (tertiary/aromatic N) is 3. The topological polar surface area (TPSA) is 122 Å². The minimum atomic E-state index is -4.05. The maximum atomic E-state index is 12.0. The zero-order valence-electron chi connectivity index (χ0n) is 8.94. The molecule has 19 heavy (non-hydrogen) atoms. The van der Waals surface area contributed by atoms with Crippen LogP contribution < -0.4 is 4.72 Å². The lowest BCUT2D eigenvalue weighted by Gasteiger charge is -2.07. The summed E-state index contributed by atoms with van der Waals surface area (Å²) in [5.41, 5.74) is -0.194. The standard InChI is InChI=1S/C8H5ClN4O4S2/c9-5-2-1-4(7(14)15)3-6(5)19(16,17)11-8-10-12-13-18-8/h1-3H,(H,14,15)(H,10,11,13). The highest BCUT2D eigenvalue weighted by molar-refractivity contribution is 7.93. The van der Waals surface area contributed by atoms with Crippen LogP contribution in [0.4, 0.5) is 5.13 Å². The van der Waals surface area contributed by atoms with Gasteiger partial charge in [0.1, 0.15) is 4.90 Å². The summed E-state index contributed by atoms with van der Waals surface area (Å²) < 4.78 is 29.5. The highest BCUT2D eigenvalue weighted by atomic mass is 35.5. The van der Waals surface area contributed by atoms with Crippen LogP contribution in [0.2, 0.25) is 5.02 Å². The lowest BCUT2D eigenvalue weighted by Crippen LogP contribution is -2.14. The van der Waals surface area contributed by atoms with Crippen molar-refractivity contribution in [3.05, 3.63) is 28.8 Å². The van der Waals surface area contributed by atoms with Gasteiger partial charge in [-0.3, -0.25) is 4.72 Å². The molecule has 0 saturated carbocycles. The zero-order valence-corrected chi connectivity index (χ0v) is 11.3. The number of anilines is 1. The summed E-state index contributed by atoms with van der Waals surface area (Å²) >= 11 is 6.50. The predicted octanol–water partition coefficient (Wildman–Crippen LogP) is 1.09. The van der Waals surface area contributed by atoms with Gasteiger partial charge < -0.3 is 5.11 Å². The van der Waals surface area contributed by atoms with E-state index < -0.39 is 16.0 Å². The maximum Gasteiger partial charge on any atom is 0.335 e. The number of carboxylic acids is 1. The first-order valence-corrected chi connectivity index (χ1v) is 7.24. The van der Waals surface area contributed by atoms with E-state index in [9.17, 15) is 13.2 Å². The van der Waals surface area contributed by atoms with Gasteiger partial charge >= 0.3 is 5.97 Å². The van der Waals surface area contributed by atoms with Crippen LogP contribution >= 0.6 is 23.1 Å².